The lowest BCUT2D eigenvalue weighted by molar-refractivity contribution is -0.158. The van der Waals surface area contributed by atoms with Crippen LogP contribution in [0.2, 0.25) is 0 Å². The van der Waals surface area contributed by atoms with E-state index in [1.165, 1.54) is 0 Å². The third-order valence-corrected chi connectivity index (χ3v) is 2.13. The highest BCUT2D eigenvalue weighted by atomic mass is 16.7. The van der Waals surface area contributed by atoms with Gasteiger partial charge in [-0.15, -0.1) is 0 Å². The summed E-state index contributed by atoms with van der Waals surface area (Å²) in [4.78, 5) is 27.8. The molecule has 0 aliphatic carbocycles. The molecule has 0 saturated heterocycles. The van der Waals surface area contributed by atoms with E-state index in [1.807, 2.05) is 13.0 Å². The molecule has 1 aromatic carbocycles. The Morgan fingerprint density at radius 3 is 2.41 bits per heavy atom. The van der Waals surface area contributed by atoms with Gasteiger partial charge in [0.1, 0.15) is 0 Å². The Bertz CT molecular complexity index is 433. The molecule has 0 bridgehead atoms. The fourth-order valence-electron chi connectivity index (χ4n) is 1.09. The second-order valence-corrected chi connectivity index (χ2v) is 4.94. The predicted molar refractivity (Wildman–Crippen MR) is 64.2 cm³/mol. The van der Waals surface area contributed by atoms with Crippen molar-refractivity contribution in [3.05, 3.63) is 35.4 Å². The van der Waals surface area contributed by atoms with Gasteiger partial charge in [0.2, 0.25) is 0 Å². The van der Waals surface area contributed by atoms with Crippen molar-refractivity contribution in [1.82, 2.24) is 5.48 Å². The van der Waals surface area contributed by atoms with E-state index in [0.717, 1.165) is 5.56 Å². The first kappa shape index (κ1) is 13.2. The SMILES string of the molecule is Cc1cccc(C(=O)NOC(=O)C(C)(C)C)c1. The van der Waals surface area contributed by atoms with Crippen LogP contribution in [0.3, 0.4) is 0 Å². The van der Waals surface area contributed by atoms with Gasteiger partial charge < -0.3 is 4.84 Å². The average molecular weight is 235 g/mol. The van der Waals surface area contributed by atoms with Crippen molar-refractivity contribution in [2.24, 2.45) is 5.41 Å². The van der Waals surface area contributed by atoms with E-state index in [0.29, 0.717) is 5.56 Å². The van der Waals surface area contributed by atoms with Gasteiger partial charge in [-0.25, -0.2) is 4.79 Å². The normalized spacial score (nSPS) is 10.8. The van der Waals surface area contributed by atoms with Crippen LogP contribution in [-0.4, -0.2) is 11.9 Å². The zero-order valence-corrected chi connectivity index (χ0v) is 10.5. The average Bonchev–Trinajstić information content (AvgIpc) is 2.24. The smallest absolute Gasteiger partial charge is 0.337 e. The summed E-state index contributed by atoms with van der Waals surface area (Å²) in [6, 6.07) is 7.04. The van der Waals surface area contributed by atoms with Crippen LogP contribution in [0.1, 0.15) is 36.7 Å². The molecule has 1 aromatic rings. The summed E-state index contributed by atoms with van der Waals surface area (Å²) in [6.07, 6.45) is 0. The fraction of sp³-hybridized carbons (Fsp3) is 0.385. The van der Waals surface area contributed by atoms with Crippen LogP contribution in [0.5, 0.6) is 0 Å². The highest BCUT2D eigenvalue weighted by Gasteiger charge is 2.24. The topological polar surface area (TPSA) is 55.4 Å². The van der Waals surface area contributed by atoms with Crippen molar-refractivity contribution in [2.75, 3.05) is 0 Å². The molecule has 17 heavy (non-hydrogen) atoms. The predicted octanol–water partition coefficient (Wildman–Crippen LogP) is 2.23. The van der Waals surface area contributed by atoms with Gasteiger partial charge in [0, 0.05) is 5.56 Å². The molecule has 0 aliphatic rings. The number of benzene rings is 1. The minimum absolute atomic E-state index is 0.425. The summed E-state index contributed by atoms with van der Waals surface area (Å²) >= 11 is 0. The first-order chi connectivity index (χ1) is 7.80. The van der Waals surface area contributed by atoms with Crippen molar-refractivity contribution >= 4 is 11.9 Å². The molecule has 0 spiro atoms. The van der Waals surface area contributed by atoms with Crippen LogP contribution in [0.25, 0.3) is 0 Å². The molecular weight excluding hydrogens is 218 g/mol. The molecule has 0 aromatic heterocycles. The molecule has 1 rings (SSSR count). The van der Waals surface area contributed by atoms with Crippen LogP contribution >= 0.6 is 0 Å². The molecule has 1 amide bonds. The van der Waals surface area contributed by atoms with Crippen molar-refractivity contribution in [2.45, 2.75) is 27.7 Å². The van der Waals surface area contributed by atoms with Crippen molar-refractivity contribution in [3.63, 3.8) is 0 Å². The molecule has 0 atom stereocenters. The second-order valence-electron chi connectivity index (χ2n) is 4.94. The third-order valence-electron chi connectivity index (χ3n) is 2.13. The standard InChI is InChI=1S/C13H17NO3/c1-9-6-5-7-10(8-9)11(15)14-17-12(16)13(2,3)4/h5-8H,1-4H3,(H,14,15). The van der Waals surface area contributed by atoms with Gasteiger partial charge in [-0.2, -0.15) is 5.48 Å². The Hall–Kier alpha value is -1.84. The van der Waals surface area contributed by atoms with Gasteiger partial charge in [-0.1, -0.05) is 17.7 Å². The Morgan fingerprint density at radius 2 is 1.88 bits per heavy atom. The lowest BCUT2D eigenvalue weighted by Crippen LogP contribution is -2.33. The van der Waals surface area contributed by atoms with Gasteiger partial charge in [-0.05, 0) is 39.8 Å². The summed E-state index contributed by atoms with van der Waals surface area (Å²) in [7, 11) is 0. The number of amides is 1. The number of hydroxylamine groups is 1. The van der Waals surface area contributed by atoms with Crippen molar-refractivity contribution in [1.29, 1.82) is 0 Å². The van der Waals surface area contributed by atoms with Crippen LogP contribution in [-0.2, 0) is 9.63 Å². The summed E-state index contributed by atoms with van der Waals surface area (Å²) in [5.74, 6) is -0.898. The summed E-state index contributed by atoms with van der Waals surface area (Å²) in [5.41, 5.74) is 2.94. The molecule has 4 nitrogen and oxygen atoms in total. The number of carbonyl (C=O) groups excluding carboxylic acids is 2. The maximum atomic E-state index is 11.6. The van der Waals surface area contributed by atoms with Crippen LogP contribution < -0.4 is 5.48 Å². The molecule has 0 unspecified atom stereocenters. The molecule has 1 N–H and O–H groups in total. The molecule has 0 saturated carbocycles. The molecule has 4 heteroatoms. The Balaban J connectivity index is 2.60. The van der Waals surface area contributed by atoms with E-state index in [-0.39, 0.29) is 0 Å². The van der Waals surface area contributed by atoms with Crippen molar-refractivity contribution < 1.29 is 14.4 Å². The molecule has 0 radical (unpaired) electrons. The largest absolute Gasteiger partial charge is 0.340 e. The van der Waals surface area contributed by atoms with Crippen LogP contribution in [0.15, 0.2) is 24.3 Å². The van der Waals surface area contributed by atoms with E-state index in [9.17, 15) is 9.59 Å². The lowest BCUT2D eigenvalue weighted by Gasteiger charge is -2.15. The van der Waals surface area contributed by atoms with Gasteiger partial charge in [0.25, 0.3) is 5.91 Å². The minimum Gasteiger partial charge on any atom is -0.340 e. The lowest BCUT2D eigenvalue weighted by atomic mass is 9.98. The first-order valence-electron chi connectivity index (χ1n) is 5.39. The minimum atomic E-state index is -0.639. The number of nitrogens with one attached hydrogen (secondary N) is 1. The van der Waals surface area contributed by atoms with E-state index in [1.54, 1.807) is 39.0 Å². The highest BCUT2D eigenvalue weighted by Crippen LogP contribution is 2.14. The van der Waals surface area contributed by atoms with Crippen molar-refractivity contribution in [3.8, 4) is 0 Å². The van der Waals surface area contributed by atoms with Gasteiger partial charge in [-0.3, -0.25) is 4.79 Å². The number of hydrogen-bond acceptors (Lipinski definition) is 3. The maximum Gasteiger partial charge on any atom is 0.337 e. The molecule has 0 heterocycles. The molecule has 92 valence electrons. The maximum absolute atomic E-state index is 11.6. The monoisotopic (exact) mass is 235 g/mol. The van der Waals surface area contributed by atoms with E-state index in [2.05, 4.69) is 5.48 Å². The Kier molecular flexibility index (Phi) is 3.89. The Morgan fingerprint density at radius 1 is 1.24 bits per heavy atom. The summed E-state index contributed by atoms with van der Waals surface area (Å²) < 4.78 is 0. The van der Waals surface area contributed by atoms with Gasteiger partial charge in [0.05, 0.1) is 5.41 Å². The third kappa shape index (κ3) is 3.90. The zero-order chi connectivity index (χ0) is 13.1. The quantitative estimate of drug-likeness (QED) is 0.759. The number of aryl methyl sites for hydroxylation is 1. The Labute approximate surface area is 101 Å². The fourth-order valence-corrected chi connectivity index (χ4v) is 1.09. The molecule has 0 fully saturated rings. The van der Waals surface area contributed by atoms with Crippen LogP contribution in [0.4, 0.5) is 0 Å². The summed E-state index contributed by atoms with van der Waals surface area (Å²) in [6.45, 7) is 7.04. The second kappa shape index (κ2) is 4.99. The number of carbonyl (C=O) groups is 2. The molecular formula is C13H17NO3. The zero-order valence-electron chi connectivity index (χ0n) is 10.5. The molecule has 0 aliphatic heterocycles. The highest BCUT2D eigenvalue weighted by molar-refractivity contribution is 5.94. The van der Waals surface area contributed by atoms with E-state index in [4.69, 9.17) is 4.84 Å². The first-order valence-corrected chi connectivity index (χ1v) is 5.39. The van der Waals surface area contributed by atoms with Gasteiger partial charge in [0.15, 0.2) is 0 Å². The van der Waals surface area contributed by atoms with Crippen LogP contribution in [0, 0.1) is 12.3 Å². The van der Waals surface area contributed by atoms with E-state index >= 15 is 0 Å². The summed E-state index contributed by atoms with van der Waals surface area (Å²) in [5, 5.41) is 0. The number of hydrogen-bond donors (Lipinski definition) is 1. The van der Waals surface area contributed by atoms with E-state index < -0.39 is 17.3 Å². The number of rotatable bonds is 1. The van der Waals surface area contributed by atoms with Gasteiger partial charge >= 0.3 is 5.97 Å².